The van der Waals surface area contributed by atoms with Crippen LogP contribution >= 0.6 is 0 Å². The molecule has 2 aliphatic rings. The van der Waals surface area contributed by atoms with E-state index in [4.69, 9.17) is 0 Å². The summed E-state index contributed by atoms with van der Waals surface area (Å²) in [5.41, 5.74) is 0. The fourth-order valence-electron chi connectivity index (χ4n) is 2.69. The Morgan fingerprint density at radius 2 is 2.29 bits per heavy atom. The Bertz CT molecular complexity index is 253. The molecule has 1 unspecified atom stereocenters. The van der Waals surface area contributed by atoms with E-state index in [9.17, 15) is 4.79 Å². The van der Waals surface area contributed by atoms with Crippen molar-refractivity contribution in [3.05, 3.63) is 0 Å². The summed E-state index contributed by atoms with van der Waals surface area (Å²) in [7, 11) is 0. The van der Waals surface area contributed by atoms with Gasteiger partial charge in [0.1, 0.15) is 0 Å². The standard InChI is InChI=1S/C12H24N4O/c1-2-6-15(11-3-4-13-10-11)8-9-16-7-5-14-12(16)17/h11,13H,2-10H2,1H3,(H,14,17). The van der Waals surface area contributed by atoms with Crippen LogP contribution in [0.4, 0.5) is 4.79 Å². The fraction of sp³-hybridized carbons (Fsp3) is 0.917. The minimum Gasteiger partial charge on any atom is -0.336 e. The van der Waals surface area contributed by atoms with E-state index in [1.165, 1.54) is 12.8 Å². The van der Waals surface area contributed by atoms with Gasteiger partial charge in [0.15, 0.2) is 0 Å². The van der Waals surface area contributed by atoms with E-state index in [0.717, 1.165) is 45.8 Å². The van der Waals surface area contributed by atoms with Crippen molar-refractivity contribution in [3.63, 3.8) is 0 Å². The summed E-state index contributed by atoms with van der Waals surface area (Å²) in [6, 6.07) is 0.770. The van der Waals surface area contributed by atoms with Crippen LogP contribution in [0.5, 0.6) is 0 Å². The van der Waals surface area contributed by atoms with Crippen LogP contribution in [0.3, 0.4) is 0 Å². The molecule has 2 fully saturated rings. The van der Waals surface area contributed by atoms with Gasteiger partial charge in [-0.3, -0.25) is 4.90 Å². The SMILES string of the molecule is CCCN(CCN1CCNC1=O)C1CCNC1. The summed E-state index contributed by atoms with van der Waals surface area (Å²) < 4.78 is 0. The Morgan fingerprint density at radius 3 is 2.88 bits per heavy atom. The second kappa shape index (κ2) is 6.21. The predicted octanol–water partition coefficient (Wildman–Crippen LogP) is 0.0855. The van der Waals surface area contributed by atoms with Crippen LogP contribution in [0.15, 0.2) is 0 Å². The maximum Gasteiger partial charge on any atom is 0.317 e. The lowest BCUT2D eigenvalue weighted by molar-refractivity contribution is 0.176. The van der Waals surface area contributed by atoms with Crippen LogP contribution < -0.4 is 10.6 Å². The van der Waals surface area contributed by atoms with E-state index in [2.05, 4.69) is 22.5 Å². The van der Waals surface area contributed by atoms with Crippen molar-refractivity contribution in [2.75, 3.05) is 45.8 Å². The van der Waals surface area contributed by atoms with Crippen LogP contribution in [0, 0.1) is 0 Å². The zero-order chi connectivity index (χ0) is 12.1. The number of carbonyl (C=O) groups is 1. The maximum absolute atomic E-state index is 11.4. The van der Waals surface area contributed by atoms with Gasteiger partial charge in [-0.05, 0) is 25.9 Å². The molecule has 17 heavy (non-hydrogen) atoms. The van der Waals surface area contributed by atoms with Gasteiger partial charge in [-0.25, -0.2) is 4.79 Å². The normalized spacial score (nSPS) is 24.7. The molecule has 5 nitrogen and oxygen atoms in total. The molecule has 5 heteroatoms. The molecule has 2 aliphatic heterocycles. The van der Waals surface area contributed by atoms with Gasteiger partial charge in [-0.1, -0.05) is 6.92 Å². The first-order chi connectivity index (χ1) is 8.31. The lowest BCUT2D eigenvalue weighted by Crippen LogP contribution is -2.43. The summed E-state index contributed by atoms with van der Waals surface area (Å²) in [6.07, 6.45) is 2.43. The number of nitrogens with zero attached hydrogens (tertiary/aromatic N) is 2. The molecule has 0 spiro atoms. The molecule has 2 saturated heterocycles. The molecule has 2 rings (SSSR count). The Balaban J connectivity index is 1.78. The third kappa shape index (κ3) is 3.33. The zero-order valence-corrected chi connectivity index (χ0v) is 10.7. The summed E-state index contributed by atoms with van der Waals surface area (Å²) in [6.45, 7) is 9.14. The van der Waals surface area contributed by atoms with E-state index < -0.39 is 0 Å². The molecule has 2 heterocycles. The smallest absolute Gasteiger partial charge is 0.317 e. The van der Waals surface area contributed by atoms with Crippen molar-refractivity contribution in [1.29, 1.82) is 0 Å². The molecular weight excluding hydrogens is 216 g/mol. The molecule has 0 aromatic heterocycles. The zero-order valence-electron chi connectivity index (χ0n) is 10.7. The van der Waals surface area contributed by atoms with Crippen LogP contribution in [0.1, 0.15) is 19.8 Å². The second-order valence-electron chi connectivity index (χ2n) is 4.90. The maximum atomic E-state index is 11.4. The van der Waals surface area contributed by atoms with Gasteiger partial charge in [0.05, 0.1) is 0 Å². The van der Waals surface area contributed by atoms with Crippen LogP contribution in [-0.2, 0) is 0 Å². The largest absolute Gasteiger partial charge is 0.336 e. The highest BCUT2D eigenvalue weighted by atomic mass is 16.2. The van der Waals surface area contributed by atoms with Gasteiger partial charge in [-0.15, -0.1) is 0 Å². The summed E-state index contributed by atoms with van der Waals surface area (Å²) in [5.74, 6) is 0. The summed E-state index contributed by atoms with van der Waals surface area (Å²) in [5, 5.41) is 6.26. The van der Waals surface area contributed by atoms with E-state index in [1.807, 2.05) is 4.90 Å². The Morgan fingerprint density at radius 1 is 1.41 bits per heavy atom. The first kappa shape index (κ1) is 12.6. The minimum atomic E-state index is 0.103. The van der Waals surface area contributed by atoms with Crippen molar-refractivity contribution in [2.24, 2.45) is 0 Å². The Labute approximate surface area is 104 Å². The minimum absolute atomic E-state index is 0.103. The van der Waals surface area contributed by atoms with E-state index >= 15 is 0 Å². The first-order valence-corrected chi connectivity index (χ1v) is 6.79. The number of nitrogens with one attached hydrogen (secondary N) is 2. The molecule has 0 aliphatic carbocycles. The summed E-state index contributed by atoms with van der Waals surface area (Å²) in [4.78, 5) is 15.9. The van der Waals surface area contributed by atoms with Gasteiger partial charge in [0, 0.05) is 38.8 Å². The third-order valence-corrected chi connectivity index (χ3v) is 3.66. The first-order valence-electron chi connectivity index (χ1n) is 6.79. The van der Waals surface area contributed by atoms with Gasteiger partial charge < -0.3 is 15.5 Å². The molecule has 1 atom stereocenters. The number of carbonyl (C=O) groups excluding carboxylic acids is 1. The fourth-order valence-corrected chi connectivity index (χ4v) is 2.69. The number of amides is 2. The van der Waals surface area contributed by atoms with Crippen molar-refractivity contribution in [3.8, 4) is 0 Å². The average molecular weight is 240 g/mol. The molecule has 2 N–H and O–H groups in total. The van der Waals surface area contributed by atoms with Crippen molar-refractivity contribution in [1.82, 2.24) is 20.4 Å². The van der Waals surface area contributed by atoms with Gasteiger partial charge in [0.2, 0.25) is 0 Å². The number of hydrogen-bond acceptors (Lipinski definition) is 3. The topological polar surface area (TPSA) is 47.6 Å². The number of urea groups is 1. The van der Waals surface area contributed by atoms with E-state index in [0.29, 0.717) is 6.04 Å². The van der Waals surface area contributed by atoms with E-state index in [1.54, 1.807) is 0 Å². The highest BCUT2D eigenvalue weighted by Gasteiger charge is 2.24. The predicted molar refractivity (Wildman–Crippen MR) is 68.1 cm³/mol. The quantitative estimate of drug-likeness (QED) is 0.691. The molecule has 0 aromatic carbocycles. The summed E-state index contributed by atoms with van der Waals surface area (Å²) >= 11 is 0. The van der Waals surface area contributed by atoms with Crippen LogP contribution in [0.25, 0.3) is 0 Å². The number of hydrogen-bond donors (Lipinski definition) is 2. The molecule has 0 radical (unpaired) electrons. The number of rotatable bonds is 6. The van der Waals surface area contributed by atoms with Crippen molar-refractivity contribution >= 4 is 6.03 Å². The third-order valence-electron chi connectivity index (χ3n) is 3.66. The van der Waals surface area contributed by atoms with Crippen LogP contribution in [0.2, 0.25) is 0 Å². The monoisotopic (exact) mass is 240 g/mol. The molecule has 0 saturated carbocycles. The molecule has 0 bridgehead atoms. The Kier molecular flexibility index (Phi) is 4.62. The van der Waals surface area contributed by atoms with E-state index in [-0.39, 0.29) is 6.03 Å². The molecule has 98 valence electrons. The Hall–Kier alpha value is -0.810. The average Bonchev–Trinajstić information content (AvgIpc) is 2.96. The molecular formula is C12H24N4O. The highest BCUT2D eigenvalue weighted by Crippen LogP contribution is 2.09. The molecule has 2 amide bonds. The lowest BCUT2D eigenvalue weighted by atomic mass is 10.2. The van der Waals surface area contributed by atoms with Crippen LogP contribution in [-0.4, -0.2) is 67.7 Å². The van der Waals surface area contributed by atoms with Gasteiger partial charge >= 0.3 is 6.03 Å². The lowest BCUT2D eigenvalue weighted by Gasteiger charge is -2.29. The van der Waals surface area contributed by atoms with Gasteiger partial charge in [-0.2, -0.15) is 0 Å². The second-order valence-corrected chi connectivity index (χ2v) is 4.90. The highest BCUT2D eigenvalue weighted by molar-refractivity contribution is 5.76. The van der Waals surface area contributed by atoms with Gasteiger partial charge in [0.25, 0.3) is 0 Å². The molecule has 0 aromatic rings. The van der Waals surface area contributed by atoms with Crippen molar-refractivity contribution in [2.45, 2.75) is 25.8 Å². The van der Waals surface area contributed by atoms with Crippen molar-refractivity contribution < 1.29 is 4.79 Å².